The molecule has 0 aliphatic rings. The zero-order valence-electron chi connectivity index (χ0n) is 20.9. The molecule has 1 unspecified atom stereocenters. The number of benzene rings is 2. The van der Waals surface area contributed by atoms with E-state index in [1.54, 1.807) is 24.3 Å². The maximum atomic E-state index is 13.3. The van der Waals surface area contributed by atoms with Gasteiger partial charge in [-0.05, 0) is 24.3 Å². The summed E-state index contributed by atoms with van der Waals surface area (Å²) in [5.41, 5.74) is -1.09. The zero-order valence-corrected chi connectivity index (χ0v) is 21.7. The molecule has 0 spiro atoms. The average molecular weight is 532 g/mol. The molecule has 1 amide bonds. The van der Waals surface area contributed by atoms with Gasteiger partial charge in [0, 0.05) is 28.6 Å². The number of amides is 1. The quantitative estimate of drug-likeness (QED) is 0.263. The summed E-state index contributed by atoms with van der Waals surface area (Å²) in [6.07, 6.45) is -0.937. The fourth-order valence-corrected chi connectivity index (χ4v) is 4.51. The van der Waals surface area contributed by atoms with E-state index in [-0.39, 0.29) is 22.8 Å². The minimum atomic E-state index is -0.937. The van der Waals surface area contributed by atoms with Crippen LogP contribution >= 0.6 is 11.8 Å². The van der Waals surface area contributed by atoms with Crippen LogP contribution in [0.2, 0.25) is 0 Å². The van der Waals surface area contributed by atoms with Crippen LogP contribution in [-0.2, 0) is 11.2 Å². The van der Waals surface area contributed by atoms with Crippen molar-refractivity contribution in [1.29, 1.82) is 0 Å². The van der Waals surface area contributed by atoms with Crippen molar-refractivity contribution in [1.82, 2.24) is 4.74 Å². The van der Waals surface area contributed by atoms with Gasteiger partial charge in [-0.15, -0.1) is 4.74 Å². The maximum Gasteiger partial charge on any atom is 0.297 e. The molecule has 12 heteroatoms. The first kappa shape index (κ1) is 28.0. The Morgan fingerprint density at radius 2 is 1.97 bits per heavy atom. The fourth-order valence-electron chi connectivity index (χ4n) is 3.56. The number of methoxy groups -OCH3 is 1. The number of carbonyl (C=O) groups excluding carboxylic acids is 1. The molecule has 1 aromatic heterocycles. The van der Waals surface area contributed by atoms with Gasteiger partial charge in [-0.25, -0.2) is 0 Å². The van der Waals surface area contributed by atoms with E-state index in [9.17, 15) is 24.8 Å². The predicted octanol–water partition coefficient (Wildman–Crippen LogP) is 3.48. The highest BCUT2D eigenvalue weighted by Crippen LogP contribution is 2.31. The lowest BCUT2D eigenvalue weighted by Crippen LogP contribution is -2.20. The molecule has 1 atom stereocenters. The summed E-state index contributed by atoms with van der Waals surface area (Å²) in [5.74, 6) is 0.542. The van der Waals surface area contributed by atoms with Crippen LogP contribution < -0.4 is 15.6 Å². The average Bonchev–Trinajstić information content (AvgIpc) is 3.20. The normalized spacial score (nSPS) is 12.3. The summed E-state index contributed by atoms with van der Waals surface area (Å²) in [7, 11) is 1.46. The standard InChI is InChI=1S/C25H29N3O8S/c1-25(2,3)22-17(14-37-13-16(30)12-29)24(32)27(36-22)19-10-9-15(11-20(19)28(33)34)23(31)26-18-7-5-6-8-21(18)35-4/h5-11,16,29-30H,12-14H2,1-4H3,(H,26,31). The molecular formula is C25H29N3O8S. The number of para-hydroxylation sites is 2. The van der Waals surface area contributed by atoms with Gasteiger partial charge in [-0.1, -0.05) is 32.9 Å². The molecule has 0 saturated heterocycles. The van der Waals surface area contributed by atoms with Gasteiger partial charge >= 0.3 is 0 Å². The molecule has 11 nitrogen and oxygen atoms in total. The van der Waals surface area contributed by atoms with Gasteiger partial charge in [0.1, 0.15) is 11.5 Å². The number of hydrogen-bond acceptors (Lipinski definition) is 9. The van der Waals surface area contributed by atoms with Crippen molar-refractivity contribution in [3.63, 3.8) is 0 Å². The van der Waals surface area contributed by atoms with E-state index >= 15 is 0 Å². The van der Waals surface area contributed by atoms with Crippen LogP contribution in [0.4, 0.5) is 11.4 Å². The Morgan fingerprint density at radius 1 is 1.27 bits per heavy atom. The number of hydrogen-bond donors (Lipinski definition) is 3. The first-order valence-electron chi connectivity index (χ1n) is 11.3. The Labute approximate surface area is 217 Å². The summed E-state index contributed by atoms with van der Waals surface area (Å²) in [6, 6.07) is 10.5. The van der Waals surface area contributed by atoms with Gasteiger partial charge in [0.25, 0.3) is 17.2 Å². The Kier molecular flexibility index (Phi) is 8.79. The number of nitrogens with one attached hydrogen (secondary N) is 1. The number of anilines is 1. The minimum absolute atomic E-state index is 0.00535. The van der Waals surface area contributed by atoms with E-state index in [0.29, 0.717) is 22.8 Å². The Hall–Kier alpha value is -3.61. The summed E-state index contributed by atoms with van der Waals surface area (Å²) in [5, 5.41) is 33.3. The van der Waals surface area contributed by atoms with Crippen molar-refractivity contribution in [2.24, 2.45) is 0 Å². The third kappa shape index (κ3) is 6.40. The number of aromatic nitrogens is 1. The van der Waals surface area contributed by atoms with Crippen LogP contribution in [0.1, 0.15) is 42.5 Å². The second-order valence-electron chi connectivity index (χ2n) is 9.22. The van der Waals surface area contributed by atoms with E-state index in [0.717, 1.165) is 10.8 Å². The highest BCUT2D eigenvalue weighted by molar-refractivity contribution is 7.98. The summed E-state index contributed by atoms with van der Waals surface area (Å²) in [6.45, 7) is 5.11. The van der Waals surface area contributed by atoms with Crippen molar-refractivity contribution in [2.75, 3.05) is 24.8 Å². The van der Waals surface area contributed by atoms with E-state index < -0.39 is 40.2 Å². The summed E-state index contributed by atoms with van der Waals surface area (Å²) < 4.78 is 11.9. The van der Waals surface area contributed by atoms with E-state index in [1.807, 2.05) is 20.8 Å². The highest BCUT2D eigenvalue weighted by atomic mass is 32.2. The number of nitro benzene ring substituents is 1. The van der Waals surface area contributed by atoms with Crippen molar-refractivity contribution in [3.05, 3.63) is 79.8 Å². The Balaban J connectivity index is 2.01. The van der Waals surface area contributed by atoms with Crippen LogP contribution in [-0.4, -0.2) is 51.4 Å². The first-order chi connectivity index (χ1) is 17.5. The fraction of sp³-hybridized carbons (Fsp3) is 0.360. The lowest BCUT2D eigenvalue weighted by molar-refractivity contribution is -0.384. The molecule has 3 aromatic rings. The molecule has 0 aliphatic carbocycles. The molecule has 0 aliphatic heterocycles. The van der Waals surface area contributed by atoms with Gasteiger partial charge < -0.3 is 24.8 Å². The molecule has 0 bridgehead atoms. The number of aliphatic hydroxyl groups excluding tert-OH is 2. The van der Waals surface area contributed by atoms with Crippen LogP contribution in [0.3, 0.4) is 0 Å². The first-order valence-corrected chi connectivity index (χ1v) is 12.5. The van der Waals surface area contributed by atoms with Crippen LogP contribution in [0.15, 0.2) is 51.8 Å². The molecular weight excluding hydrogens is 502 g/mol. The number of rotatable bonds is 10. The lowest BCUT2D eigenvalue weighted by Gasteiger charge is -2.16. The van der Waals surface area contributed by atoms with E-state index in [2.05, 4.69) is 5.32 Å². The number of aliphatic hydroxyl groups is 2. The second-order valence-corrected chi connectivity index (χ2v) is 10.2. The van der Waals surface area contributed by atoms with E-state index in [1.165, 1.54) is 31.0 Å². The summed E-state index contributed by atoms with van der Waals surface area (Å²) >= 11 is 1.23. The molecule has 1 heterocycles. The lowest BCUT2D eigenvalue weighted by atomic mass is 9.91. The van der Waals surface area contributed by atoms with Crippen molar-refractivity contribution < 1.29 is 29.2 Å². The van der Waals surface area contributed by atoms with Gasteiger partial charge in [0.2, 0.25) is 0 Å². The maximum absolute atomic E-state index is 13.3. The predicted molar refractivity (Wildman–Crippen MR) is 140 cm³/mol. The van der Waals surface area contributed by atoms with Gasteiger partial charge in [0.05, 0.1) is 36.0 Å². The topological polar surface area (TPSA) is 157 Å². The SMILES string of the molecule is COc1ccccc1NC(=O)c1ccc(-n2oc(C(C)(C)C)c(CSCC(O)CO)c2=O)c([N+](=O)[O-])c1. The van der Waals surface area contributed by atoms with Crippen LogP contribution in [0.5, 0.6) is 5.75 Å². The highest BCUT2D eigenvalue weighted by Gasteiger charge is 2.30. The number of nitrogens with zero attached hydrogens (tertiary/aromatic N) is 2. The third-order valence-corrected chi connectivity index (χ3v) is 6.47. The van der Waals surface area contributed by atoms with Crippen LogP contribution in [0, 0.1) is 10.1 Å². The smallest absolute Gasteiger partial charge is 0.297 e. The molecule has 198 valence electrons. The molecule has 3 rings (SSSR count). The molecule has 37 heavy (non-hydrogen) atoms. The number of ether oxygens (including phenoxy) is 1. The second kappa shape index (κ2) is 11.6. The zero-order chi connectivity index (χ0) is 27.3. The van der Waals surface area contributed by atoms with Crippen LogP contribution in [0.25, 0.3) is 5.69 Å². The minimum Gasteiger partial charge on any atom is -0.495 e. The largest absolute Gasteiger partial charge is 0.495 e. The van der Waals surface area contributed by atoms with Gasteiger partial charge in [-0.3, -0.25) is 19.7 Å². The van der Waals surface area contributed by atoms with E-state index in [4.69, 9.17) is 14.4 Å². The Bertz CT molecular complexity index is 1340. The molecule has 2 aromatic carbocycles. The Morgan fingerprint density at radius 3 is 2.59 bits per heavy atom. The van der Waals surface area contributed by atoms with Crippen molar-refractivity contribution in [3.8, 4) is 11.4 Å². The number of nitro groups is 1. The van der Waals surface area contributed by atoms with Crippen molar-refractivity contribution >= 4 is 29.0 Å². The van der Waals surface area contributed by atoms with Gasteiger partial charge in [-0.2, -0.15) is 11.8 Å². The third-order valence-electron chi connectivity index (χ3n) is 5.36. The van der Waals surface area contributed by atoms with Crippen molar-refractivity contribution in [2.45, 2.75) is 38.0 Å². The molecule has 0 saturated carbocycles. The number of thioether (sulfide) groups is 1. The molecule has 3 N–H and O–H groups in total. The monoisotopic (exact) mass is 531 g/mol. The van der Waals surface area contributed by atoms with Gasteiger partial charge in [0.15, 0.2) is 5.69 Å². The summed E-state index contributed by atoms with van der Waals surface area (Å²) in [4.78, 5) is 37.4. The molecule has 0 radical (unpaired) electrons. The number of carbonyl (C=O) groups is 1. The molecule has 0 fully saturated rings.